The van der Waals surface area contributed by atoms with Gasteiger partial charge in [-0.25, -0.2) is 4.57 Å². The first-order valence-electron chi connectivity index (χ1n) is 24.4. The van der Waals surface area contributed by atoms with Gasteiger partial charge in [-0.3, -0.25) is 23.4 Å². The number of carbonyl (C=O) groups excluding carboxylic acids is 3. The van der Waals surface area contributed by atoms with Crippen molar-refractivity contribution in [1.29, 1.82) is 0 Å². The van der Waals surface area contributed by atoms with Crippen LogP contribution in [0, 0.1) is 11.8 Å². The van der Waals surface area contributed by atoms with Crippen LogP contribution in [-0.2, 0) is 37.5 Å². The molecule has 15 nitrogen and oxygen atoms in total. The lowest BCUT2D eigenvalue weighted by molar-refractivity contribution is -0.164. The number of ether oxygens (including phenoxy) is 2. The Morgan fingerprint density at radius 2 is 1.43 bits per heavy atom. The molecule has 16 heteroatoms. The summed E-state index contributed by atoms with van der Waals surface area (Å²) in [4.78, 5) is 50.0. The number of aliphatic hydroxyl groups is 6. The van der Waals surface area contributed by atoms with E-state index in [4.69, 9.17) is 18.5 Å². The molecule has 0 amide bonds. The van der Waals surface area contributed by atoms with Crippen molar-refractivity contribution in [3.63, 3.8) is 0 Å². The lowest BCUT2D eigenvalue weighted by Crippen LogP contribution is -2.55. The zero-order valence-corrected chi connectivity index (χ0v) is 40.7. The van der Waals surface area contributed by atoms with E-state index in [0.717, 1.165) is 83.1 Å². The topological polar surface area (TPSA) is 247 Å². The highest BCUT2D eigenvalue weighted by molar-refractivity contribution is 7.47. The summed E-state index contributed by atoms with van der Waals surface area (Å²) < 4.78 is 34.7. The molecule has 0 spiro atoms. The van der Waals surface area contributed by atoms with Crippen molar-refractivity contribution >= 4 is 25.5 Å². The maximum atomic E-state index is 13.6. The van der Waals surface area contributed by atoms with Gasteiger partial charge in [-0.2, -0.15) is 0 Å². The second kappa shape index (κ2) is 35.7. The van der Waals surface area contributed by atoms with Crippen LogP contribution in [0.3, 0.4) is 0 Å². The maximum absolute atomic E-state index is 13.6. The van der Waals surface area contributed by atoms with Crippen molar-refractivity contribution in [2.45, 2.75) is 191 Å². The number of aliphatic hydroxyl groups excluding tert-OH is 6. The number of hydrogen-bond donors (Lipinski definition) is 7. The van der Waals surface area contributed by atoms with Gasteiger partial charge in [-0.1, -0.05) is 138 Å². The molecule has 380 valence electrons. The molecular formula is C51H81O15P. The Morgan fingerprint density at radius 3 is 2.12 bits per heavy atom. The van der Waals surface area contributed by atoms with Crippen molar-refractivity contribution < 1.29 is 73.0 Å². The molecule has 2 aliphatic rings. The minimum absolute atomic E-state index is 0.0184. The Labute approximate surface area is 398 Å². The van der Waals surface area contributed by atoms with E-state index in [9.17, 15) is 54.5 Å². The number of cyclic esters (lactones) is 1. The highest BCUT2D eigenvalue weighted by Crippen LogP contribution is 2.47. The molecular weight excluding hydrogens is 884 g/mol. The van der Waals surface area contributed by atoms with Gasteiger partial charge in [0.2, 0.25) is 0 Å². The van der Waals surface area contributed by atoms with E-state index in [1.54, 1.807) is 12.2 Å². The molecule has 2 bridgehead atoms. The number of ketones is 1. The molecule has 0 saturated carbocycles. The zero-order chi connectivity index (χ0) is 49.3. The Bertz CT molecular complexity index is 1650. The fraction of sp³-hybridized carbons (Fsp3) is 0.667. The average molecular weight is 965 g/mol. The Hall–Kier alpha value is -3.34. The second-order valence-electron chi connectivity index (χ2n) is 17.2. The Kier molecular flexibility index (Phi) is 31.9. The average Bonchev–Trinajstić information content (AvgIpc) is 3.30. The molecule has 2 rings (SSSR count). The van der Waals surface area contributed by atoms with Crippen LogP contribution < -0.4 is 0 Å². The standard InChI is InChI=1S/C51H81O15P/c1-3-5-7-8-9-10-11-12-13-14-15-16-17-18-19-20-21-22-28-32-45(55)65-41-37-63-44(54)31-27-24-23-26-29-39-33-36-43(53)42(35-34-40(52)30-25-6-4-2)47(57)49(59)51(50(60)48(58)46(39)56)66-67(61,62)64-38-41/h5,7,9-10,12-13,15-16,23,26,33-36,39-42,46-52,56-60H,3-4,6,8,11,14,17-22,24-25,27-32,37-38H2,1-2H3,(H,61,62)/b7-5-,10-9-,13-12-,16-15-,26-23-,35-34+,36-33-/t39-,40-,41+,42-,46+,47+,48-,49+,50+,51+/m0/s1. The van der Waals surface area contributed by atoms with E-state index in [1.807, 2.05) is 6.92 Å². The molecule has 0 aromatic rings. The normalized spacial score (nSPS) is 30.4. The minimum atomic E-state index is -5.43. The lowest BCUT2D eigenvalue weighted by atomic mass is 9.87. The van der Waals surface area contributed by atoms with Crippen molar-refractivity contribution in [1.82, 2.24) is 0 Å². The van der Waals surface area contributed by atoms with E-state index < -0.39 is 99.4 Å². The summed E-state index contributed by atoms with van der Waals surface area (Å²) in [5, 5.41) is 67.1. The zero-order valence-electron chi connectivity index (χ0n) is 39.8. The molecule has 1 unspecified atom stereocenters. The summed E-state index contributed by atoms with van der Waals surface area (Å²) in [7, 11) is -5.43. The highest BCUT2D eigenvalue weighted by Gasteiger charge is 2.47. The minimum Gasteiger partial charge on any atom is -0.462 e. The number of phosphoric ester groups is 1. The molecule has 0 aromatic carbocycles. The fourth-order valence-corrected chi connectivity index (χ4v) is 8.39. The summed E-state index contributed by atoms with van der Waals surface area (Å²) >= 11 is 0. The number of phosphoric acid groups is 1. The van der Waals surface area contributed by atoms with Crippen molar-refractivity contribution in [3.05, 3.63) is 85.1 Å². The first-order valence-corrected chi connectivity index (χ1v) is 25.9. The number of unbranched alkanes of at least 4 members (excludes halogenated alkanes) is 8. The summed E-state index contributed by atoms with van der Waals surface area (Å²) in [6.45, 7) is 2.73. The number of allylic oxidation sites excluding steroid dienone is 11. The Balaban J connectivity index is 2.09. The van der Waals surface area contributed by atoms with Crippen LogP contribution in [0.4, 0.5) is 0 Å². The van der Waals surface area contributed by atoms with Gasteiger partial charge in [0.1, 0.15) is 31.0 Å². The molecule has 1 aliphatic heterocycles. The lowest BCUT2D eigenvalue weighted by Gasteiger charge is -2.36. The van der Waals surface area contributed by atoms with Crippen LogP contribution in [0.2, 0.25) is 0 Å². The molecule has 11 atom stereocenters. The van der Waals surface area contributed by atoms with Crippen LogP contribution in [-0.4, -0.2) is 115 Å². The van der Waals surface area contributed by atoms with Crippen LogP contribution in [0.5, 0.6) is 0 Å². The monoisotopic (exact) mass is 965 g/mol. The van der Waals surface area contributed by atoms with E-state index in [2.05, 4.69) is 55.5 Å². The maximum Gasteiger partial charge on any atom is 0.472 e. The third kappa shape index (κ3) is 26.3. The first kappa shape index (κ1) is 59.8. The number of rotatable bonds is 23. The fourth-order valence-electron chi connectivity index (χ4n) is 7.42. The molecule has 0 radical (unpaired) electrons. The van der Waals surface area contributed by atoms with Crippen LogP contribution in [0.25, 0.3) is 0 Å². The summed E-state index contributed by atoms with van der Waals surface area (Å²) in [6.07, 6.45) is 23.7. The summed E-state index contributed by atoms with van der Waals surface area (Å²) in [6, 6.07) is 0. The number of esters is 2. The van der Waals surface area contributed by atoms with Gasteiger partial charge in [-0.05, 0) is 76.7 Å². The van der Waals surface area contributed by atoms with Crippen LogP contribution in [0.1, 0.15) is 142 Å². The summed E-state index contributed by atoms with van der Waals surface area (Å²) in [5.74, 6) is -4.69. The first-order chi connectivity index (χ1) is 32.2. The number of carbonyl (C=O) groups is 3. The van der Waals surface area contributed by atoms with Crippen LogP contribution >= 0.6 is 7.82 Å². The Morgan fingerprint density at radius 1 is 0.791 bits per heavy atom. The van der Waals surface area contributed by atoms with E-state index in [1.165, 1.54) is 18.2 Å². The van der Waals surface area contributed by atoms with Crippen molar-refractivity contribution in [3.8, 4) is 0 Å². The quantitative estimate of drug-likeness (QED) is 0.0225. The van der Waals surface area contributed by atoms with Crippen molar-refractivity contribution in [2.24, 2.45) is 11.8 Å². The van der Waals surface area contributed by atoms with Crippen LogP contribution in [0.15, 0.2) is 85.1 Å². The van der Waals surface area contributed by atoms with Gasteiger partial charge in [-0.15, -0.1) is 0 Å². The molecule has 1 aliphatic carbocycles. The molecule has 0 aromatic heterocycles. The molecule has 0 fully saturated rings. The van der Waals surface area contributed by atoms with Gasteiger partial charge in [0.25, 0.3) is 0 Å². The van der Waals surface area contributed by atoms with Crippen molar-refractivity contribution in [2.75, 3.05) is 13.2 Å². The van der Waals surface area contributed by atoms with Gasteiger partial charge in [0, 0.05) is 18.8 Å². The summed E-state index contributed by atoms with van der Waals surface area (Å²) in [5.41, 5.74) is 0. The SMILES string of the molecule is CC/C=C\C/C=C\C/C=C\C/C=C\CCCCCCCCC(=O)O[C@@H]1COC(=O)CCC/C=C\C[C@H]2/C=C\C(=O)[C@H](/C=C/[C@@H](O)CCCCC)[C@@H](O)[C@@H](O)[C@@H](OP(=O)(O)OC1)[C@H](O)[C@@H](O)[C@@H]2O. The third-order valence-corrected chi connectivity index (χ3v) is 12.4. The predicted octanol–water partition coefficient (Wildman–Crippen LogP) is 7.67. The molecule has 7 N–H and O–H groups in total. The largest absolute Gasteiger partial charge is 0.472 e. The van der Waals surface area contributed by atoms with Gasteiger partial charge >= 0.3 is 19.8 Å². The van der Waals surface area contributed by atoms with Gasteiger partial charge in [0.05, 0.1) is 30.8 Å². The predicted molar refractivity (Wildman–Crippen MR) is 257 cm³/mol. The second-order valence-corrected chi connectivity index (χ2v) is 18.6. The smallest absolute Gasteiger partial charge is 0.462 e. The molecule has 0 saturated heterocycles. The molecule has 67 heavy (non-hydrogen) atoms. The van der Waals surface area contributed by atoms with Gasteiger partial charge < -0.3 is 45.0 Å². The highest BCUT2D eigenvalue weighted by atomic mass is 31.2. The van der Waals surface area contributed by atoms with E-state index in [0.29, 0.717) is 32.1 Å². The number of hydrogen-bond acceptors (Lipinski definition) is 14. The third-order valence-electron chi connectivity index (χ3n) is 11.5. The van der Waals surface area contributed by atoms with Gasteiger partial charge in [0.15, 0.2) is 11.9 Å². The van der Waals surface area contributed by atoms with E-state index >= 15 is 0 Å². The number of fused-ring (bicyclic) bond motifs is 4. The van der Waals surface area contributed by atoms with E-state index in [-0.39, 0.29) is 19.3 Å². The molecule has 1 heterocycles.